The third-order valence-electron chi connectivity index (χ3n) is 3.22. The van der Waals surface area contributed by atoms with E-state index in [2.05, 4.69) is 11.4 Å². The first-order chi connectivity index (χ1) is 7.27. The summed E-state index contributed by atoms with van der Waals surface area (Å²) in [6.45, 7) is 4.74. The van der Waals surface area contributed by atoms with Crippen LogP contribution in [0.3, 0.4) is 0 Å². The van der Waals surface area contributed by atoms with Crippen molar-refractivity contribution in [3.05, 3.63) is 12.2 Å². The molecule has 1 amide bonds. The Bertz CT molecular complexity index is 219. The lowest BCUT2D eigenvalue weighted by Gasteiger charge is -2.28. The van der Waals surface area contributed by atoms with Crippen molar-refractivity contribution in [3.8, 4) is 0 Å². The van der Waals surface area contributed by atoms with Gasteiger partial charge >= 0.3 is 0 Å². The molecule has 1 atom stereocenters. The average molecular weight is 209 g/mol. The Kier molecular flexibility index (Phi) is 5.44. The molecule has 15 heavy (non-hydrogen) atoms. The number of allylic oxidation sites excluding steroid dienone is 2. The Hall–Kier alpha value is -0.790. The van der Waals surface area contributed by atoms with Gasteiger partial charge in [-0.25, -0.2) is 0 Å². The van der Waals surface area contributed by atoms with Crippen molar-refractivity contribution in [1.82, 2.24) is 5.32 Å². The highest BCUT2D eigenvalue weighted by molar-refractivity contribution is 5.78. The molecule has 1 aliphatic carbocycles. The zero-order valence-electron chi connectivity index (χ0n) is 9.96. The number of nitrogens with one attached hydrogen (secondary N) is 1. The number of amides is 1. The summed E-state index contributed by atoms with van der Waals surface area (Å²) < 4.78 is 0. The average Bonchev–Trinajstić information content (AvgIpc) is 2.15. The van der Waals surface area contributed by atoms with E-state index < -0.39 is 0 Å². The van der Waals surface area contributed by atoms with Crippen molar-refractivity contribution in [1.29, 1.82) is 0 Å². The monoisotopic (exact) mass is 209 g/mol. The molecular formula is C13H23NO. The van der Waals surface area contributed by atoms with E-state index in [0.717, 1.165) is 25.3 Å². The van der Waals surface area contributed by atoms with Crippen LogP contribution in [-0.2, 0) is 4.79 Å². The Balaban J connectivity index is 2.39. The fourth-order valence-electron chi connectivity index (χ4n) is 2.06. The van der Waals surface area contributed by atoms with Crippen LogP contribution in [-0.4, -0.2) is 12.5 Å². The lowest BCUT2D eigenvalue weighted by atomic mass is 9.78. The maximum Gasteiger partial charge on any atom is 0.223 e. The molecule has 0 aliphatic heterocycles. The molecule has 0 spiro atoms. The van der Waals surface area contributed by atoms with Crippen LogP contribution in [0.5, 0.6) is 0 Å². The summed E-state index contributed by atoms with van der Waals surface area (Å²) >= 11 is 0. The van der Waals surface area contributed by atoms with Crippen LogP contribution in [0.1, 0.15) is 46.0 Å². The van der Waals surface area contributed by atoms with Crippen LogP contribution in [0.15, 0.2) is 12.2 Å². The highest BCUT2D eigenvalue weighted by Gasteiger charge is 2.25. The largest absolute Gasteiger partial charge is 0.356 e. The number of hydrogen-bond acceptors (Lipinski definition) is 1. The second kappa shape index (κ2) is 6.65. The third kappa shape index (κ3) is 4.06. The van der Waals surface area contributed by atoms with E-state index in [0.29, 0.717) is 0 Å². The standard InChI is InChI=1S/C13H23NO/c1-3-5-9-12(13(15)14-4-2)10-11-7-6-8-11/h3,5,11-12H,4,6-10H2,1-2H3,(H,14,15)/b5-3+. The number of carbonyl (C=O) groups excluding carboxylic acids is 1. The van der Waals surface area contributed by atoms with Crippen molar-refractivity contribution < 1.29 is 4.79 Å². The van der Waals surface area contributed by atoms with Crippen LogP contribution < -0.4 is 5.32 Å². The van der Waals surface area contributed by atoms with Crippen LogP contribution in [0, 0.1) is 11.8 Å². The molecular weight excluding hydrogens is 186 g/mol. The van der Waals surface area contributed by atoms with Gasteiger partial charge in [-0.05, 0) is 32.6 Å². The molecule has 1 aliphatic rings. The second-order valence-electron chi connectivity index (χ2n) is 4.43. The van der Waals surface area contributed by atoms with Gasteiger partial charge in [0.05, 0.1) is 0 Å². The van der Waals surface area contributed by atoms with E-state index in [4.69, 9.17) is 0 Å². The van der Waals surface area contributed by atoms with E-state index >= 15 is 0 Å². The van der Waals surface area contributed by atoms with E-state index in [1.807, 2.05) is 19.9 Å². The van der Waals surface area contributed by atoms with Gasteiger partial charge in [-0.1, -0.05) is 31.4 Å². The molecule has 1 rings (SSSR count). The van der Waals surface area contributed by atoms with Crippen molar-refractivity contribution in [2.75, 3.05) is 6.54 Å². The lowest BCUT2D eigenvalue weighted by Crippen LogP contribution is -2.32. The first-order valence-corrected chi connectivity index (χ1v) is 6.16. The van der Waals surface area contributed by atoms with Gasteiger partial charge in [-0.2, -0.15) is 0 Å². The highest BCUT2D eigenvalue weighted by atomic mass is 16.1. The fourth-order valence-corrected chi connectivity index (χ4v) is 2.06. The number of hydrogen-bond donors (Lipinski definition) is 1. The first kappa shape index (κ1) is 12.3. The van der Waals surface area contributed by atoms with Crippen LogP contribution in [0.4, 0.5) is 0 Å². The molecule has 1 saturated carbocycles. The van der Waals surface area contributed by atoms with Gasteiger partial charge in [0.25, 0.3) is 0 Å². The minimum Gasteiger partial charge on any atom is -0.356 e. The molecule has 1 fully saturated rings. The molecule has 1 N–H and O–H groups in total. The number of carbonyl (C=O) groups is 1. The van der Waals surface area contributed by atoms with Crippen LogP contribution in [0.25, 0.3) is 0 Å². The smallest absolute Gasteiger partial charge is 0.223 e. The molecule has 0 aromatic heterocycles. The molecule has 2 nitrogen and oxygen atoms in total. The Morgan fingerprint density at radius 1 is 1.53 bits per heavy atom. The van der Waals surface area contributed by atoms with E-state index in [9.17, 15) is 4.79 Å². The summed E-state index contributed by atoms with van der Waals surface area (Å²) in [5, 5.41) is 2.94. The highest BCUT2D eigenvalue weighted by Crippen LogP contribution is 2.33. The number of rotatable bonds is 6. The van der Waals surface area contributed by atoms with Gasteiger partial charge in [0, 0.05) is 12.5 Å². The molecule has 0 heterocycles. The minimum absolute atomic E-state index is 0.200. The lowest BCUT2D eigenvalue weighted by molar-refractivity contribution is -0.125. The summed E-state index contributed by atoms with van der Waals surface area (Å²) in [5.74, 6) is 1.25. The predicted octanol–water partition coefficient (Wildman–Crippen LogP) is 2.90. The third-order valence-corrected chi connectivity index (χ3v) is 3.22. The van der Waals surface area contributed by atoms with Crippen LogP contribution >= 0.6 is 0 Å². The van der Waals surface area contributed by atoms with Crippen molar-refractivity contribution >= 4 is 5.91 Å². The normalized spacial score (nSPS) is 18.8. The quantitative estimate of drug-likeness (QED) is 0.670. The summed E-state index contributed by atoms with van der Waals surface area (Å²) in [4.78, 5) is 11.8. The van der Waals surface area contributed by atoms with Crippen LogP contribution in [0.2, 0.25) is 0 Å². The Labute approximate surface area is 93.1 Å². The van der Waals surface area contributed by atoms with E-state index in [1.54, 1.807) is 0 Å². The molecule has 0 aromatic rings. The molecule has 0 radical (unpaired) electrons. The summed E-state index contributed by atoms with van der Waals surface area (Å²) in [6, 6.07) is 0. The molecule has 1 unspecified atom stereocenters. The summed E-state index contributed by atoms with van der Waals surface area (Å²) in [5.41, 5.74) is 0. The van der Waals surface area contributed by atoms with Gasteiger partial charge in [0.15, 0.2) is 0 Å². The predicted molar refractivity (Wildman–Crippen MR) is 63.6 cm³/mol. The van der Waals surface area contributed by atoms with Gasteiger partial charge in [0.1, 0.15) is 0 Å². The van der Waals surface area contributed by atoms with Gasteiger partial charge < -0.3 is 5.32 Å². The molecule has 0 saturated heterocycles. The van der Waals surface area contributed by atoms with E-state index in [1.165, 1.54) is 19.3 Å². The van der Waals surface area contributed by atoms with E-state index in [-0.39, 0.29) is 11.8 Å². The van der Waals surface area contributed by atoms with Crippen molar-refractivity contribution in [3.63, 3.8) is 0 Å². The Morgan fingerprint density at radius 3 is 2.73 bits per heavy atom. The fraction of sp³-hybridized carbons (Fsp3) is 0.769. The summed E-state index contributed by atoms with van der Waals surface area (Å²) in [6.07, 6.45) is 10.1. The maximum atomic E-state index is 11.8. The molecule has 0 aromatic carbocycles. The molecule has 2 heteroatoms. The second-order valence-corrected chi connectivity index (χ2v) is 4.43. The summed E-state index contributed by atoms with van der Waals surface area (Å²) in [7, 11) is 0. The molecule has 86 valence electrons. The van der Waals surface area contributed by atoms with Gasteiger partial charge in [-0.15, -0.1) is 0 Å². The van der Waals surface area contributed by atoms with Crippen molar-refractivity contribution in [2.24, 2.45) is 11.8 Å². The maximum absolute atomic E-state index is 11.8. The van der Waals surface area contributed by atoms with Gasteiger partial charge in [-0.3, -0.25) is 4.79 Å². The molecule has 0 bridgehead atoms. The zero-order chi connectivity index (χ0) is 11.1. The zero-order valence-corrected chi connectivity index (χ0v) is 9.96. The first-order valence-electron chi connectivity index (χ1n) is 6.16. The van der Waals surface area contributed by atoms with Gasteiger partial charge in [0.2, 0.25) is 5.91 Å². The SMILES string of the molecule is C/C=C/CC(CC1CCC1)C(=O)NCC. The minimum atomic E-state index is 0.200. The Morgan fingerprint density at radius 2 is 2.27 bits per heavy atom. The van der Waals surface area contributed by atoms with Crippen molar-refractivity contribution in [2.45, 2.75) is 46.0 Å². The topological polar surface area (TPSA) is 29.1 Å².